The Morgan fingerprint density at radius 2 is 2.24 bits per heavy atom. The van der Waals surface area contributed by atoms with Crippen molar-refractivity contribution in [2.75, 3.05) is 6.54 Å². The first-order chi connectivity index (χ1) is 8.13. The molecule has 0 amide bonds. The molecule has 0 unspecified atom stereocenters. The number of aryl methyl sites for hydroxylation is 1. The lowest BCUT2D eigenvalue weighted by Gasteiger charge is -2.11. The fourth-order valence-electron chi connectivity index (χ4n) is 1.46. The van der Waals surface area contributed by atoms with Gasteiger partial charge in [0.1, 0.15) is 0 Å². The van der Waals surface area contributed by atoms with E-state index in [-0.39, 0.29) is 17.7 Å². The SMILES string of the molecule is CC(C)Oc1ccc(CCCN=C=O)cc1F. The third-order valence-electron chi connectivity index (χ3n) is 2.16. The molecular formula is C13H16FNO2. The maximum Gasteiger partial charge on any atom is 0.234 e. The molecule has 0 radical (unpaired) electrons. The molecule has 4 heteroatoms. The predicted octanol–water partition coefficient (Wildman–Crippen LogP) is 2.88. The molecule has 0 spiro atoms. The van der Waals surface area contributed by atoms with Gasteiger partial charge in [0, 0.05) is 0 Å². The molecule has 0 fully saturated rings. The number of ether oxygens (including phenoxy) is 1. The summed E-state index contributed by atoms with van der Waals surface area (Å²) in [6, 6.07) is 4.92. The van der Waals surface area contributed by atoms with E-state index in [4.69, 9.17) is 4.74 Å². The molecule has 0 aliphatic heterocycles. The Bertz CT molecular complexity index is 412. The van der Waals surface area contributed by atoms with E-state index in [1.54, 1.807) is 6.07 Å². The fraction of sp³-hybridized carbons (Fsp3) is 0.462. The van der Waals surface area contributed by atoms with Crippen molar-refractivity contribution in [3.63, 3.8) is 0 Å². The van der Waals surface area contributed by atoms with E-state index >= 15 is 0 Å². The largest absolute Gasteiger partial charge is 0.488 e. The number of hydrogen-bond donors (Lipinski definition) is 0. The summed E-state index contributed by atoms with van der Waals surface area (Å²) in [5.41, 5.74) is 0.875. The van der Waals surface area contributed by atoms with Crippen LogP contribution in [0.25, 0.3) is 0 Å². The summed E-state index contributed by atoms with van der Waals surface area (Å²) in [7, 11) is 0. The zero-order valence-corrected chi connectivity index (χ0v) is 10.1. The van der Waals surface area contributed by atoms with Gasteiger partial charge < -0.3 is 4.74 Å². The summed E-state index contributed by atoms with van der Waals surface area (Å²) in [5, 5.41) is 0. The third kappa shape index (κ3) is 4.79. The van der Waals surface area contributed by atoms with Gasteiger partial charge in [0.05, 0.1) is 12.6 Å². The number of carbonyl (C=O) groups excluding carboxylic acids is 1. The molecule has 0 saturated heterocycles. The number of hydrogen-bond acceptors (Lipinski definition) is 3. The summed E-state index contributed by atoms with van der Waals surface area (Å²) < 4.78 is 18.9. The van der Waals surface area contributed by atoms with Crippen LogP contribution in [0.4, 0.5) is 4.39 Å². The number of aliphatic imine (C=N–C) groups is 1. The molecular weight excluding hydrogens is 221 g/mol. The maximum atomic E-state index is 13.6. The van der Waals surface area contributed by atoms with Gasteiger partial charge in [0.2, 0.25) is 6.08 Å². The van der Waals surface area contributed by atoms with E-state index in [2.05, 4.69) is 4.99 Å². The van der Waals surface area contributed by atoms with E-state index in [1.165, 1.54) is 12.1 Å². The van der Waals surface area contributed by atoms with Crippen LogP contribution in [-0.2, 0) is 11.2 Å². The van der Waals surface area contributed by atoms with E-state index in [0.717, 1.165) is 5.56 Å². The minimum Gasteiger partial charge on any atom is -0.488 e. The highest BCUT2D eigenvalue weighted by atomic mass is 19.1. The van der Waals surface area contributed by atoms with Gasteiger partial charge in [-0.1, -0.05) is 6.07 Å². The second-order valence-electron chi connectivity index (χ2n) is 4.01. The molecule has 0 atom stereocenters. The van der Waals surface area contributed by atoms with Crippen molar-refractivity contribution in [2.24, 2.45) is 4.99 Å². The average molecular weight is 237 g/mol. The first-order valence-corrected chi connectivity index (χ1v) is 5.62. The van der Waals surface area contributed by atoms with Crippen LogP contribution in [0.3, 0.4) is 0 Å². The Hall–Kier alpha value is -1.67. The molecule has 1 aromatic carbocycles. The number of benzene rings is 1. The van der Waals surface area contributed by atoms with Gasteiger partial charge in [-0.05, 0) is 44.4 Å². The van der Waals surface area contributed by atoms with Crippen LogP contribution in [0.5, 0.6) is 5.75 Å². The highest BCUT2D eigenvalue weighted by Gasteiger charge is 2.06. The molecule has 1 rings (SSSR count). The van der Waals surface area contributed by atoms with Crippen molar-refractivity contribution in [3.8, 4) is 5.75 Å². The predicted molar refractivity (Wildman–Crippen MR) is 63.5 cm³/mol. The van der Waals surface area contributed by atoms with Crippen molar-refractivity contribution in [1.29, 1.82) is 0 Å². The topological polar surface area (TPSA) is 38.7 Å². The molecule has 1 aromatic rings. The molecule has 0 saturated carbocycles. The van der Waals surface area contributed by atoms with E-state index < -0.39 is 0 Å². The number of isocyanates is 1. The molecule has 0 aliphatic carbocycles. The smallest absolute Gasteiger partial charge is 0.234 e. The molecule has 0 aliphatic rings. The van der Waals surface area contributed by atoms with Crippen LogP contribution in [0.2, 0.25) is 0 Å². The molecule has 0 bridgehead atoms. The van der Waals surface area contributed by atoms with Crippen molar-refractivity contribution in [2.45, 2.75) is 32.8 Å². The summed E-state index contributed by atoms with van der Waals surface area (Å²) >= 11 is 0. The maximum absolute atomic E-state index is 13.6. The Morgan fingerprint density at radius 1 is 1.47 bits per heavy atom. The Balaban J connectivity index is 2.58. The van der Waals surface area contributed by atoms with Crippen LogP contribution >= 0.6 is 0 Å². The lowest BCUT2D eigenvalue weighted by molar-refractivity contribution is 0.231. The van der Waals surface area contributed by atoms with Gasteiger partial charge in [-0.2, -0.15) is 0 Å². The van der Waals surface area contributed by atoms with Gasteiger partial charge >= 0.3 is 0 Å². The Labute approximate surface area is 100 Å². The average Bonchev–Trinajstić information content (AvgIpc) is 2.27. The number of nitrogens with zero attached hydrogens (tertiary/aromatic N) is 1. The molecule has 0 N–H and O–H groups in total. The normalized spacial score (nSPS) is 10.1. The molecule has 0 aromatic heterocycles. The second-order valence-corrected chi connectivity index (χ2v) is 4.01. The lowest BCUT2D eigenvalue weighted by atomic mass is 10.1. The van der Waals surface area contributed by atoms with E-state index in [0.29, 0.717) is 19.4 Å². The minimum absolute atomic E-state index is 0.0442. The molecule has 17 heavy (non-hydrogen) atoms. The van der Waals surface area contributed by atoms with Crippen LogP contribution in [0.1, 0.15) is 25.8 Å². The summed E-state index contributed by atoms with van der Waals surface area (Å²) in [5.74, 6) is -0.0789. The highest BCUT2D eigenvalue weighted by molar-refractivity contribution is 5.33. The van der Waals surface area contributed by atoms with Gasteiger partial charge in [0.25, 0.3) is 0 Å². The molecule has 92 valence electrons. The third-order valence-corrected chi connectivity index (χ3v) is 2.16. The lowest BCUT2D eigenvalue weighted by Crippen LogP contribution is -2.07. The zero-order chi connectivity index (χ0) is 12.7. The quantitative estimate of drug-likeness (QED) is 0.433. The summed E-state index contributed by atoms with van der Waals surface area (Å²) in [6.07, 6.45) is 2.82. The van der Waals surface area contributed by atoms with Crippen LogP contribution in [0.15, 0.2) is 23.2 Å². The monoisotopic (exact) mass is 237 g/mol. The number of rotatable bonds is 6. The van der Waals surface area contributed by atoms with E-state index in [9.17, 15) is 9.18 Å². The van der Waals surface area contributed by atoms with Gasteiger partial charge in [-0.15, -0.1) is 0 Å². The molecule has 0 heterocycles. The van der Waals surface area contributed by atoms with Crippen molar-refractivity contribution < 1.29 is 13.9 Å². The zero-order valence-electron chi connectivity index (χ0n) is 10.1. The van der Waals surface area contributed by atoms with Crippen LogP contribution in [-0.4, -0.2) is 18.7 Å². The Kier molecular flexibility index (Phi) is 5.37. The van der Waals surface area contributed by atoms with E-state index in [1.807, 2.05) is 19.9 Å². The first-order valence-electron chi connectivity index (χ1n) is 5.62. The highest BCUT2D eigenvalue weighted by Crippen LogP contribution is 2.20. The van der Waals surface area contributed by atoms with Crippen LogP contribution in [0, 0.1) is 5.82 Å². The summed E-state index contributed by atoms with van der Waals surface area (Å²) in [4.78, 5) is 13.3. The van der Waals surface area contributed by atoms with Crippen molar-refractivity contribution >= 4 is 6.08 Å². The van der Waals surface area contributed by atoms with Gasteiger partial charge in [-0.3, -0.25) is 0 Å². The Morgan fingerprint density at radius 3 is 2.82 bits per heavy atom. The standard InChI is InChI=1S/C13H16FNO2/c1-10(2)17-13-6-5-11(8-12(13)14)4-3-7-15-9-16/h5-6,8,10H,3-4,7H2,1-2H3. The van der Waals surface area contributed by atoms with Crippen molar-refractivity contribution in [3.05, 3.63) is 29.6 Å². The number of halogens is 1. The fourth-order valence-corrected chi connectivity index (χ4v) is 1.46. The summed E-state index contributed by atoms with van der Waals surface area (Å²) in [6.45, 7) is 4.13. The molecule has 3 nitrogen and oxygen atoms in total. The van der Waals surface area contributed by atoms with Gasteiger partial charge in [0.15, 0.2) is 11.6 Å². The minimum atomic E-state index is -0.352. The van der Waals surface area contributed by atoms with Crippen LogP contribution < -0.4 is 4.74 Å². The second kappa shape index (κ2) is 6.81. The van der Waals surface area contributed by atoms with Gasteiger partial charge in [-0.25, -0.2) is 14.2 Å². The first kappa shape index (κ1) is 13.4. The van der Waals surface area contributed by atoms with Crippen molar-refractivity contribution in [1.82, 2.24) is 0 Å².